The van der Waals surface area contributed by atoms with Crippen LogP contribution in [0, 0.1) is 18.6 Å². The maximum absolute atomic E-state index is 14.6. The molecule has 4 aromatic heterocycles. The molecule has 1 saturated heterocycles. The Bertz CT molecular complexity index is 1210. The number of piperidine rings is 1. The van der Waals surface area contributed by atoms with Crippen molar-refractivity contribution in [3.63, 3.8) is 0 Å². The lowest BCUT2D eigenvalue weighted by Gasteiger charge is -2.24. The van der Waals surface area contributed by atoms with Crippen LogP contribution >= 0.6 is 0 Å². The first kappa shape index (κ1) is 18.7. The zero-order valence-electron chi connectivity index (χ0n) is 16.4. The number of fused-ring (bicyclic) bond motifs is 1. The van der Waals surface area contributed by atoms with E-state index in [0.717, 1.165) is 49.1 Å². The van der Waals surface area contributed by atoms with E-state index in [1.165, 1.54) is 0 Å². The minimum absolute atomic E-state index is 0.0526. The molecular formula is C21H21F2N7. The molecule has 5 heterocycles. The van der Waals surface area contributed by atoms with E-state index in [2.05, 4.69) is 30.6 Å². The molecule has 1 aliphatic rings. The molecule has 9 heteroatoms. The minimum atomic E-state index is -0.729. The topological polar surface area (TPSA) is 82.9 Å². The van der Waals surface area contributed by atoms with Gasteiger partial charge < -0.3 is 15.6 Å². The molecule has 1 fully saturated rings. The van der Waals surface area contributed by atoms with Gasteiger partial charge in [-0.2, -0.15) is 0 Å². The summed E-state index contributed by atoms with van der Waals surface area (Å²) >= 11 is 0. The number of imidazole rings is 2. The molecule has 30 heavy (non-hydrogen) atoms. The zero-order chi connectivity index (χ0) is 20.7. The van der Waals surface area contributed by atoms with Crippen molar-refractivity contribution in [1.29, 1.82) is 0 Å². The smallest absolute Gasteiger partial charge is 0.168 e. The third kappa shape index (κ3) is 3.41. The number of aromatic nitrogens is 5. The second-order valence-electron chi connectivity index (χ2n) is 7.51. The second-order valence-corrected chi connectivity index (χ2v) is 7.51. The zero-order valence-corrected chi connectivity index (χ0v) is 16.4. The number of nitrogens with one attached hydrogen (secondary N) is 3. The summed E-state index contributed by atoms with van der Waals surface area (Å²) in [6.07, 6.45) is 7.06. The standard InChI is InChI=1S/C21H21F2N7/c1-12-9-26-20(27-12)13-4-6-30-17(11-25-18(30)7-13)19-15(22)8-16(23)21(29-19)28-14-3-2-5-24-10-14/h4,6-9,11,14,24H,2-3,5,10H2,1H3,(H,26,27)(H,28,29)/t14-/m0/s1. The SMILES string of the molecule is Cc1c[nH]c(-c2ccn3c(-c4nc(N[C@H]5CCCNC5)c(F)cc4F)cnc3c2)n1. The molecule has 1 aliphatic heterocycles. The van der Waals surface area contributed by atoms with Crippen LogP contribution < -0.4 is 10.6 Å². The predicted octanol–water partition coefficient (Wildman–Crippen LogP) is 3.54. The first-order chi connectivity index (χ1) is 14.6. The van der Waals surface area contributed by atoms with Crippen LogP contribution in [-0.4, -0.2) is 43.5 Å². The van der Waals surface area contributed by atoms with Crippen LogP contribution in [0.4, 0.5) is 14.6 Å². The van der Waals surface area contributed by atoms with Crippen LogP contribution in [0.15, 0.2) is 36.8 Å². The van der Waals surface area contributed by atoms with Gasteiger partial charge in [-0.25, -0.2) is 23.7 Å². The molecule has 0 saturated carbocycles. The molecule has 4 aromatic rings. The van der Waals surface area contributed by atoms with Gasteiger partial charge in [-0.05, 0) is 38.4 Å². The highest BCUT2D eigenvalue weighted by Crippen LogP contribution is 2.27. The van der Waals surface area contributed by atoms with Gasteiger partial charge in [-0.15, -0.1) is 0 Å². The summed E-state index contributed by atoms with van der Waals surface area (Å²) in [6.45, 7) is 3.58. The highest BCUT2D eigenvalue weighted by Gasteiger charge is 2.20. The normalized spacial score (nSPS) is 16.8. The number of nitrogens with zero attached hydrogens (tertiary/aromatic N) is 4. The third-order valence-corrected chi connectivity index (χ3v) is 5.30. The van der Waals surface area contributed by atoms with E-state index in [1.807, 2.05) is 25.3 Å². The molecule has 0 radical (unpaired) electrons. The molecule has 1 atom stereocenters. The van der Waals surface area contributed by atoms with Crippen LogP contribution in [0.2, 0.25) is 0 Å². The maximum atomic E-state index is 14.6. The van der Waals surface area contributed by atoms with E-state index in [-0.39, 0.29) is 17.6 Å². The number of halogens is 2. The summed E-state index contributed by atoms with van der Waals surface area (Å²) in [5.41, 5.74) is 2.88. The van der Waals surface area contributed by atoms with Crippen molar-refractivity contribution in [1.82, 2.24) is 29.7 Å². The Morgan fingerprint density at radius 1 is 1.20 bits per heavy atom. The number of hydrogen-bond acceptors (Lipinski definition) is 5. The lowest BCUT2D eigenvalue weighted by molar-refractivity contribution is 0.475. The van der Waals surface area contributed by atoms with Crippen molar-refractivity contribution in [2.75, 3.05) is 18.4 Å². The molecule has 5 rings (SSSR count). The number of pyridine rings is 2. The van der Waals surface area contributed by atoms with E-state index in [0.29, 0.717) is 11.3 Å². The van der Waals surface area contributed by atoms with Gasteiger partial charge in [0.1, 0.15) is 17.2 Å². The molecule has 0 aliphatic carbocycles. The minimum Gasteiger partial charge on any atom is -0.364 e. The van der Waals surface area contributed by atoms with Gasteiger partial charge >= 0.3 is 0 Å². The molecule has 0 unspecified atom stereocenters. The van der Waals surface area contributed by atoms with Gasteiger partial charge in [0.15, 0.2) is 17.5 Å². The van der Waals surface area contributed by atoms with Crippen LogP contribution in [0.3, 0.4) is 0 Å². The number of H-pyrrole nitrogens is 1. The van der Waals surface area contributed by atoms with E-state index < -0.39 is 11.6 Å². The van der Waals surface area contributed by atoms with Crippen LogP contribution in [0.5, 0.6) is 0 Å². The van der Waals surface area contributed by atoms with Crippen LogP contribution in [0.25, 0.3) is 28.4 Å². The number of rotatable bonds is 4. The number of hydrogen-bond donors (Lipinski definition) is 3. The summed E-state index contributed by atoms with van der Waals surface area (Å²) < 4.78 is 30.7. The Labute approximate surface area is 171 Å². The molecule has 0 spiro atoms. The average Bonchev–Trinajstić information content (AvgIpc) is 3.36. The largest absolute Gasteiger partial charge is 0.364 e. The monoisotopic (exact) mass is 409 g/mol. The average molecular weight is 409 g/mol. The quantitative estimate of drug-likeness (QED) is 0.480. The third-order valence-electron chi connectivity index (χ3n) is 5.30. The van der Waals surface area contributed by atoms with Gasteiger partial charge in [0.2, 0.25) is 0 Å². The van der Waals surface area contributed by atoms with E-state index in [4.69, 9.17) is 0 Å². The van der Waals surface area contributed by atoms with Crippen LogP contribution in [-0.2, 0) is 0 Å². The Kier molecular flexibility index (Phi) is 4.66. The summed E-state index contributed by atoms with van der Waals surface area (Å²) in [4.78, 5) is 16.2. The van der Waals surface area contributed by atoms with Gasteiger partial charge in [0.25, 0.3) is 0 Å². The first-order valence-corrected chi connectivity index (χ1v) is 9.91. The lowest BCUT2D eigenvalue weighted by atomic mass is 10.1. The Morgan fingerprint density at radius 2 is 2.10 bits per heavy atom. The van der Waals surface area contributed by atoms with Gasteiger partial charge in [0, 0.05) is 36.6 Å². The van der Waals surface area contributed by atoms with Crippen molar-refractivity contribution in [3.05, 3.63) is 54.1 Å². The van der Waals surface area contributed by atoms with Crippen LogP contribution in [0.1, 0.15) is 18.5 Å². The second kappa shape index (κ2) is 7.49. The highest BCUT2D eigenvalue weighted by atomic mass is 19.1. The van der Waals surface area contributed by atoms with Crippen molar-refractivity contribution in [2.45, 2.75) is 25.8 Å². The fraction of sp³-hybridized carbons (Fsp3) is 0.286. The van der Waals surface area contributed by atoms with E-state index in [1.54, 1.807) is 16.8 Å². The maximum Gasteiger partial charge on any atom is 0.168 e. The van der Waals surface area contributed by atoms with Gasteiger partial charge in [-0.1, -0.05) is 0 Å². The van der Waals surface area contributed by atoms with Crippen molar-refractivity contribution < 1.29 is 8.78 Å². The molecule has 7 nitrogen and oxygen atoms in total. The van der Waals surface area contributed by atoms with Crippen molar-refractivity contribution in [2.24, 2.45) is 0 Å². The summed E-state index contributed by atoms with van der Waals surface area (Å²) in [6, 6.07) is 4.65. The van der Waals surface area contributed by atoms with Crippen molar-refractivity contribution in [3.8, 4) is 22.8 Å². The highest BCUT2D eigenvalue weighted by molar-refractivity contribution is 5.67. The van der Waals surface area contributed by atoms with E-state index >= 15 is 0 Å². The fourth-order valence-electron chi connectivity index (χ4n) is 3.78. The predicted molar refractivity (Wildman–Crippen MR) is 110 cm³/mol. The Hall–Kier alpha value is -3.33. The molecule has 3 N–H and O–H groups in total. The molecule has 0 aromatic carbocycles. The summed E-state index contributed by atoms with van der Waals surface area (Å²) in [7, 11) is 0. The molecular weight excluding hydrogens is 388 g/mol. The molecule has 154 valence electrons. The lowest BCUT2D eigenvalue weighted by Crippen LogP contribution is -2.38. The Morgan fingerprint density at radius 3 is 2.87 bits per heavy atom. The molecule has 0 amide bonds. The number of aryl methyl sites for hydroxylation is 1. The summed E-state index contributed by atoms with van der Waals surface area (Å²) in [5, 5.41) is 6.37. The van der Waals surface area contributed by atoms with Gasteiger partial charge in [-0.3, -0.25) is 4.40 Å². The molecule has 0 bridgehead atoms. The number of aromatic amines is 1. The van der Waals surface area contributed by atoms with Gasteiger partial charge in [0.05, 0.1) is 17.6 Å². The van der Waals surface area contributed by atoms with E-state index in [9.17, 15) is 8.78 Å². The summed E-state index contributed by atoms with van der Waals surface area (Å²) in [5.74, 6) is -0.644. The fourth-order valence-corrected chi connectivity index (χ4v) is 3.78. The first-order valence-electron chi connectivity index (χ1n) is 9.91. The van der Waals surface area contributed by atoms with Crippen molar-refractivity contribution >= 4 is 11.5 Å². The Balaban J connectivity index is 1.52. The number of anilines is 1.